The van der Waals surface area contributed by atoms with Crippen LogP contribution in [0.3, 0.4) is 0 Å². The van der Waals surface area contributed by atoms with Crippen molar-refractivity contribution in [2.75, 3.05) is 38.2 Å². The number of nitrogens with zero attached hydrogens (tertiary/aromatic N) is 1. The Morgan fingerprint density at radius 3 is 2.48 bits per heavy atom. The smallest absolute Gasteiger partial charge is 0.313 e. The van der Waals surface area contributed by atoms with Crippen LogP contribution < -0.4 is 10.6 Å². The Labute approximate surface area is 163 Å². The zero-order valence-corrected chi connectivity index (χ0v) is 16.5. The molecule has 2 aromatic rings. The summed E-state index contributed by atoms with van der Waals surface area (Å²) in [5, 5.41) is 9.58. The molecule has 3 rings (SSSR count). The molecule has 1 aliphatic heterocycles. The van der Waals surface area contributed by atoms with E-state index in [1.807, 2.05) is 37.4 Å². The molecule has 0 radical (unpaired) electrons. The highest BCUT2D eigenvalue weighted by Gasteiger charge is 2.24. The lowest BCUT2D eigenvalue weighted by molar-refractivity contribution is -0.136. The third-order valence-corrected chi connectivity index (χ3v) is 5.26. The molecule has 6 nitrogen and oxygen atoms in total. The van der Waals surface area contributed by atoms with Gasteiger partial charge >= 0.3 is 11.8 Å². The maximum absolute atomic E-state index is 12.3. The number of nitrogens with one attached hydrogen (secondary N) is 2. The van der Waals surface area contributed by atoms with Gasteiger partial charge in [-0.15, -0.1) is 0 Å². The number of thiophene rings is 1. The van der Waals surface area contributed by atoms with Crippen molar-refractivity contribution in [1.82, 2.24) is 10.2 Å². The quantitative estimate of drug-likeness (QED) is 0.774. The minimum atomic E-state index is -0.647. The van der Waals surface area contributed by atoms with Crippen LogP contribution in [0.5, 0.6) is 0 Å². The van der Waals surface area contributed by atoms with Gasteiger partial charge in [0.15, 0.2) is 0 Å². The molecule has 144 valence electrons. The number of rotatable bonds is 5. The van der Waals surface area contributed by atoms with E-state index in [2.05, 4.69) is 27.0 Å². The largest absolute Gasteiger partial charge is 0.379 e. The second-order valence-corrected chi connectivity index (χ2v) is 7.54. The third kappa shape index (κ3) is 5.38. The number of anilines is 1. The zero-order chi connectivity index (χ0) is 19.2. The molecule has 0 bridgehead atoms. The summed E-state index contributed by atoms with van der Waals surface area (Å²) < 4.78 is 5.43. The van der Waals surface area contributed by atoms with Crippen molar-refractivity contribution in [2.24, 2.45) is 0 Å². The number of carbonyl (C=O) groups is 2. The molecule has 1 aromatic carbocycles. The fourth-order valence-electron chi connectivity index (χ4n) is 3.32. The molecule has 0 aliphatic carbocycles. The number of ether oxygens (including phenoxy) is 1. The Morgan fingerprint density at radius 1 is 1.15 bits per heavy atom. The molecule has 7 heteroatoms. The maximum atomic E-state index is 12.3. The number of hydrogen-bond acceptors (Lipinski definition) is 5. The molecule has 27 heavy (non-hydrogen) atoms. The molecular formula is C20H25N3O3S. The Hall–Kier alpha value is -2.22. The van der Waals surface area contributed by atoms with Crippen molar-refractivity contribution >= 4 is 28.8 Å². The van der Waals surface area contributed by atoms with Crippen molar-refractivity contribution in [1.29, 1.82) is 0 Å². The minimum absolute atomic E-state index is 0.0399. The van der Waals surface area contributed by atoms with Crippen LogP contribution in [0.2, 0.25) is 0 Å². The fraction of sp³-hybridized carbons (Fsp3) is 0.400. The van der Waals surface area contributed by atoms with E-state index < -0.39 is 11.8 Å². The lowest BCUT2D eigenvalue weighted by Crippen LogP contribution is -2.45. The molecule has 2 amide bonds. The second-order valence-electron chi connectivity index (χ2n) is 6.76. The number of morpholine rings is 1. The summed E-state index contributed by atoms with van der Waals surface area (Å²) in [5.74, 6) is -1.27. The lowest BCUT2D eigenvalue weighted by Gasteiger charge is -2.34. The number of amides is 2. The first-order valence-electron chi connectivity index (χ1n) is 9.04. The van der Waals surface area contributed by atoms with Crippen LogP contribution in [-0.4, -0.2) is 49.6 Å². The van der Waals surface area contributed by atoms with Crippen LogP contribution in [0.25, 0.3) is 0 Å². The SMILES string of the molecule is Cc1cc(C)cc(NC(=O)C(=O)NCC(c2ccsc2)N2CCOCC2)c1. The standard InChI is InChI=1S/C20H25N3O3S/c1-14-9-15(2)11-17(10-14)22-20(25)19(24)21-12-18(16-3-8-27-13-16)23-4-6-26-7-5-23/h3,8-11,13,18H,4-7,12H2,1-2H3,(H,21,24)(H,22,25). The summed E-state index contributed by atoms with van der Waals surface area (Å²) in [5.41, 5.74) is 3.86. The highest BCUT2D eigenvalue weighted by atomic mass is 32.1. The monoisotopic (exact) mass is 387 g/mol. The highest BCUT2D eigenvalue weighted by Crippen LogP contribution is 2.23. The van der Waals surface area contributed by atoms with Crippen LogP contribution in [-0.2, 0) is 14.3 Å². The summed E-state index contributed by atoms with van der Waals surface area (Å²) >= 11 is 1.63. The van der Waals surface area contributed by atoms with E-state index in [9.17, 15) is 9.59 Å². The molecule has 1 fully saturated rings. The summed E-state index contributed by atoms with van der Waals surface area (Å²) in [6.45, 7) is 7.28. The van der Waals surface area contributed by atoms with Gasteiger partial charge in [-0.25, -0.2) is 0 Å². The first-order valence-corrected chi connectivity index (χ1v) is 9.98. The Morgan fingerprint density at radius 2 is 1.85 bits per heavy atom. The summed E-state index contributed by atoms with van der Waals surface area (Å²) in [4.78, 5) is 26.9. The van der Waals surface area contributed by atoms with E-state index in [1.165, 1.54) is 0 Å². The van der Waals surface area contributed by atoms with E-state index in [1.54, 1.807) is 11.3 Å². The molecule has 1 aliphatic rings. The van der Waals surface area contributed by atoms with Crippen LogP contribution >= 0.6 is 11.3 Å². The van der Waals surface area contributed by atoms with Gasteiger partial charge in [-0.1, -0.05) is 6.07 Å². The molecule has 2 N–H and O–H groups in total. The van der Waals surface area contributed by atoms with Crippen LogP contribution in [0, 0.1) is 13.8 Å². The third-order valence-electron chi connectivity index (χ3n) is 4.56. The first-order chi connectivity index (χ1) is 13.0. The van der Waals surface area contributed by atoms with Crippen LogP contribution in [0.4, 0.5) is 5.69 Å². The van der Waals surface area contributed by atoms with Crippen molar-refractivity contribution in [3.8, 4) is 0 Å². The molecular weight excluding hydrogens is 362 g/mol. The summed E-state index contributed by atoms with van der Waals surface area (Å²) in [6, 6.07) is 7.81. The van der Waals surface area contributed by atoms with Gasteiger partial charge in [0.25, 0.3) is 0 Å². The molecule has 1 unspecified atom stereocenters. The number of benzene rings is 1. The molecule has 1 saturated heterocycles. The van der Waals surface area contributed by atoms with Gasteiger partial charge in [0.05, 0.1) is 19.3 Å². The van der Waals surface area contributed by atoms with Gasteiger partial charge in [0.1, 0.15) is 0 Å². The van der Waals surface area contributed by atoms with E-state index in [0.717, 1.165) is 29.8 Å². The number of aryl methyl sites for hydroxylation is 2. The molecule has 1 atom stereocenters. The fourth-order valence-corrected chi connectivity index (χ4v) is 4.02. The van der Waals surface area contributed by atoms with E-state index in [-0.39, 0.29) is 6.04 Å². The topological polar surface area (TPSA) is 70.7 Å². The van der Waals surface area contributed by atoms with Gasteiger partial charge in [-0.3, -0.25) is 14.5 Å². The lowest BCUT2D eigenvalue weighted by atomic mass is 10.1. The minimum Gasteiger partial charge on any atom is -0.379 e. The van der Waals surface area contributed by atoms with E-state index in [4.69, 9.17) is 4.74 Å². The zero-order valence-electron chi connectivity index (χ0n) is 15.7. The van der Waals surface area contributed by atoms with Crippen LogP contribution in [0.15, 0.2) is 35.0 Å². The number of hydrogen-bond donors (Lipinski definition) is 2. The predicted molar refractivity (Wildman–Crippen MR) is 107 cm³/mol. The predicted octanol–water partition coefficient (Wildman–Crippen LogP) is 2.49. The molecule has 2 heterocycles. The van der Waals surface area contributed by atoms with Gasteiger partial charge < -0.3 is 15.4 Å². The van der Waals surface area contributed by atoms with E-state index in [0.29, 0.717) is 25.4 Å². The van der Waals surface area contributed by atoms with Crippen molar-refractivity contribution in [3.05, 3.63) is 51.7 Å². The molecule has 1 aromatic heterocycles. The first kappa shape index (κ1) is 19.5. The number of carbonyl (C=O) groups excluding carboxylic acids is 2. The van der Waals surface area contributed by atoms with E-state index >= 15 is 0 Å². The van der Waals surface area contributed by atoms with Gasteiger partial charge in [-0.05, 0) is 59.5 Å². The van der Waals surface area contributed by atoms with Gasteiger partial charge in [0.2, 0.25) is 0 Å². The average molecular weight is 388 g/mol. The van der Waals surface area contributed by atoms with Crippen LogP contribution in [0.1, 0.15) is 22.7 Å². The highest BCUT2D eigenvalue weighted by molar-refractivity contribution is 7.08. The Bertz CT molecular complexity index is 766. The van der Waals surface area contributed by atoms with Gasteiger partial charge in [0, 0.05) is 25.3 Å². The summed E-state index contributed by atoms with van der Waals surface area (Å²) in [6.07, 6.45) is 0. The summed E-state index contributed by atoms with van der Waals surface area (Å²) in [7, 11) is 0. The van der Waals surface area contributed by atoms with Crippen molar-refractivity contribution < 1.29 is 14.3 Å². The Balaban J connectivity index is 1.60. The maximum Gasteiger partial charge on any atom is 0.313 e. The second kappa shape index (κ2) is 9.12. The van der Waals surface area contributed by atoms with Crippen molar-refractivity contribution in [3.63, 3.8) is 0 Å². The molecule has 0 spiro atoms. The van der Waals surface area contributed by atoms with Gasteiger partial charge in [-0.2, -0.15) is 11.3 Å². The average Bonchev–Trinajstić information content (AvgIpc) is 3.16. The van der Waals surface area contributed by atoms with Crippen molar-refractivity contribution in [2.45, 2.75) is 19.9 Å². The Kier molecular flexibility index (Phi) is 6.60. The molecule has 0 saturated carbocycles. The normalized spacial score (nSPS) is 15.9.